The Balaban J connectivity index is 1.63. The van der Waals surface area contributed by atoms with Gasteiger partial charge in [-0.3, -0.25) is 4.57 Å². The zero-order valence-electron chi connectivity index (χ0n) is 14.2. The Labute approximate surface area is 170 Å². The fraction of sp³-hybridized carbons (Fsp3) is 0.100. The summed E-state index contributed by atoms with van der Waals surface area (Å²) in [5, 5.41) is 11.6. The maximum Gasteiger partial charge on any atom is 0.200 e. The van der Waals surface area contributed by atoms with Gasteiger partial charge < -0.3 is 4.42 Å². The van der Waals surface area contributed by atoms with Gasteiger partial charge in [0.1, 0.15) is 5.58 Å². The lowest BCUT2D eigenvalue weighted by Gasteiger charge is -2.07. The van der Waals surface area contributed by atoms with Gasteiger partial charge in [0.15, 0.2) is 10.9 Å². The van der Waals surface area contributed by atoms with Crippen LogP contribution < -0.4 is 0 Å². The van der Waals surface area contributed by atoms with Crippen LogP contribution in [0.25, 0.3) is 22.6 Å². The topological polar surface area (TPSA) is 43.9 Å². The highest BCUT2D eigenvalue weighted by molar-refractivity contribution is 7.98. The van der Waals surface area contributed by atoms with Crippen molar-refractivity contribution < 1.29 is 4.42 Å². The minimum absolute atomic E-state index is 0.547. The number of thioether (sulfide) groups is 1. The molecule has 2 aromatic heterocycles. The van der Waals surface area contributed by atoms with Crippen LogP contribution in [0.5, 0.6) is 0 Å². The molecule has 0 unspecified atom stereocenters. The molecule has 2 heterocycles. The highest BCUT2D eigenvalue weighted by Gasteiger charge is 2.17. The molecule has 0 amide bonds. The molecule has 27 heavy (non-hydrogen) atoms. The van der Waals surface area contributed by atoms with Gasteiger partial charge in [-0.2, -0.15) is 0 Å². The molecular weight excluding hydrogens is 401 g/mol. The third-order valence-electron chi connectivity index (χ3n) is 4.03. The summed E-state index contributed by atoms with van der Waals surface area (Å²) in [6, 6.07) is 15.5. The van der Waals surface area contributed by atoms with Crippen molar-refractivity contribution in [3.8, 4) is 11.6 Å². The van der Waals surface area contributed by atoms with Gasteiger partial charge >= 0.3 is 0 Å². The molecule has 0 radical (unpaired) electrons. The fourth-order valence-electron chi connectivity index (χ4n) is 2.74. The SMILES string of the molecule is C=CCn1c(SCc2ccc(Cl)c(Cl)c2)nnc1-c1cc2ccccc2o1. The second kappa shape index (κ2) is 7.80. The van der Waals surface area contributed by atoms with Crippen molar-refractivity contribution in [2.75, 3.05) is 0 Å². The van der Waals surface area contributed by atoms with Gasteiger partial charge in [0.05, 0.1) is 10.0 Å². The standard InChI is InChI=1S/C20H15Cl2N3OS/c1-2-9-25-19(18-11-14-5-3-4-6-17(14)26-18)23-24-20(25)27-12-13-7-8-15(21)16(22)10-13/h2-8,10-11H,1,9,12H2. The molecular formula is C20H15Cl2N3OS. The van der Waals surface area contributed by atoms with E-state index < -0.39 is 0 Å². The van der Waals surface area contributed by atoms with Crippen molar-refractivity contribution in [2.24, 2.45) is 0 Å². The third-order valence-corrected chi connectivity index (χ3v) is 5.80. The number of para-hydroxylation sites is 1. The molecule has 136 valence electrons. The Morgan fingerprint density at radius 2 is 1.93 bits per heavy atom. The van der Waals surface area contributed by atoms with Gasteiger partial charge in [-0.25, -0.2) is 0 Å². The Hall–Kier alpha value is -2.21. The molecule has 4 aromatic rings. The van der Waals surface area contributed by atoms with Crippen molar-refractivity contribution in [2.45, 2.75) is 17.5 Å². The quantitative estimate of drug-likeness (QED) is 0.267. The summed E-state index contributed by atoms with van der Waals surface area (Å²) >= 11 is 13.7. The molecule has 0 aliphatic heterocycles. The van der Waals surface area contributed by atoms with Crippen molar-refractivity contribution in [1.29, 1.82) is 0 Å². The number of hydrogen-bond acceptors (Lipinski definition) is 4. The molecule has 0 aliphatic rings. The molecule has 0 fully saturated rings. The Kier molecular flexibility index (Phi) is 5.25. The molecule has 4 rings (SSSR count). The largest absolute Gasteiger partial charge is 0.453 e. The first-order valence-electron chi connectivity index (χ1n) is 8.25. The first-order valence-corrected chi connectivity index (χ1v) is 9.99. The van der Waals surface area contributed by atoms with Gasteiger partial charge in [0, 0.05) is 17.7 Å². The summed E-state index contributed by atoms with van der Waals surface area (Å²) in [6.45, 7) is 4.43. The van der Waals surface area contributed by atoms with Gasteiger partial charge in [0.2, 0.25) is 5.82 Å². The van der Waals surface area contributed by atoms with Crippen LogP contribution in [0, 0.1) is 0 Å². The van der Waals surface area contributed by atoms with E-state index in [1.807, 2.05) is 53.1 Å². The number of fused-ring (bicyclic) bond motifs is 1. The fourth-order valence-corrected chi connectivity index (χ4v) is 3.95. The van der Waals surface area contributed by atoms with Crippen LogP contribution in [0.2, 0.25) is 10.0 Å². The number of hydrogen-bond donors (Lipinski definition) is 0. The predicted octanol–water partition coefficient (Wildman–Crippen LogP) is 6.48. The smallest absolute Gasteiger partial charge is 0.200 e. The van der Waals surface area contributed by atoms with Gasteiger partial charge in [0.25, 0.3) is 0 Å². The minimum Gasteiger partial charge on any atom is -0.453 e. The molecule has 0 spiro atoms. The van der Waals surface area contributed by atoms with Crippen LogP contribution in [0.4, 0.5) is 0 Å². The number of rotatable bonds is 6. The Morgan fingerprint density at radius 1 is 1.07 bits per heavy atom. The average Bonchev–Trinajstić information content (AvgIpc) is 3.27. The first kappa shape index (κ1) is 18.2. The zero-order chi connectivity index (χ0) is 18.8. The maximum absolute atomic E-state index is 6.10. The van der Waals surface area contributed by atoms with E-state index in [4.69, 9.17) is 27.6 Å². The van der Waals surface area contributed by atoms with E-state index in [-0.39, 0.29) is 0 Å². The molecule has 0 aliphatic carbocycles. The van der Waals surface area contributed by atoms with E-state index in [1.54, 1.807) is 17.8 Å². The van der Waals surface area contributed by atoms with Crippen molar-refractivity contribution in [3.05, 3.63) is 76.8 Å². The summed E-state index contributed by atoms with van der Waals surface area (Å²) in [4.78, 5) is 0. The summed E-state index contributed by atoms with van der Waals surface area (Å²) in [7, 11) is 0. The summed E-state index contributed by atoms with van der Waals surface area (Å²) in [6.07, 6.45) is 1.82. The summed E-state index contributed by atoms with van der Waals surface area (Å²) < 4.78 is 7.94. The highest BCUT2D eigenvalue weighted by Crippen LogP contribution is 2.31. The second-order valence-corrected chi connectivity index (χ2v) is 7.65. The molecule has 0 bridgehead atoms. The van der Waals surface area contributed by atoms with E-state index in [0.29, 0.717) is 33.9 Å². The highest BCUT2D eigenvalue weighted by atomic mass is 35.5. The number of aromatic nitrogens is 3. The lowest BCUT2D eigenvalue weighted by molar-refractivity contribution is 0.613. The lowest BCUT2D eigenvalue weighted by atomic mass is 10.2. The van der Waals surface area contributed by atoms with Gasteiger partial charge in [-0.1, -0.05) is 65.3 Å². The molecule has 0 atom stereocenters. The maximum atomic E-state index is 6.10. The van der Waals surface area contributed by atoms with Crippen molar-refractivity contribution in [1.82, 2.24) is 14.8 Å². The van der Waals surface area contributed by atoms with Crippen LogP contribution in [0.3, 0.4) is 0 Å². The number of allylic oxidation sites excluding steroid dienone is 1. The molecule has 2 aromatic carbocycles. The normalized spacial score (nSPS) is 11.2. The summed E-state index contributed by atoms with van der Waals surface area (Å²) in [5.41, 5.74) is 1.89. The first-order chi connectivity index (χ1) is 13.2. The van der Waals surface area contributed by atoms with Crippen molar-refractivity contribution >= 4 is 45.9 Å². The van der Waals surface area contributed by atoms with Gasteiger partial charge in [-0.15, -0.1) is 16.8 Å². The van der Waals surface area contributed by atoms with Crippen LogP contribution in [-0.2, 0) is 12.3 Å². The van der Waals surface area contributed by atoms with E-state index in [2.05, 4.69) is 16.8 Å². The van der Waals surface area contributed by atoms with Crippen LogP contribution in [0.15, 0.2) is 70.8 Å². The Bertz CT molecular complexity index is 1090. The van der Waals surface area contributed by atoms with E-state index >= 15 is 0 Å². The number of nitrogens with zero attached hydrogens (tertiary/aromatic N) is 3. The van der Waals surface area contributed by atoms with Crippen LogP contribution in [0.1, 0.15) is 5.56 Å². The lowest BCUT2D eigenvalue weighted by Crippen LogP contribution is -2.00. The molecule has 4 nitrogen and oxygen atoms in total. The zero-order valence-corrected chi connectivity index (χ0v) is 16.6. The van der Waals surface area contributed by atoms with Gasteiger partial charge in [-0.05, 0) is 29.8 Å². The monoisotopic (exact) mass is 415 g/mol. The molecule has 0 saturated heterocycles. The third kappa shape index (κ3) is 3.76. The number of benzene rings is 2. The summed E-state index contributed by atoms with van der Waals surface area (Å²) in [5.74, 6) is 2.07. The molecule has 7 heteroatoms. The second-order valence-electron chi connectivity index (χ2n) is 5.89. The van der Waals surface area contributed by atoms with E-state index in [0.717, 1.165) is 21.7 Å². The Morgan fingerprint density at radius 3 is 2.70 bits per heavy atom. The van der Waals surface area contributed by atoms with Crippen molar-refractivity contribution in [3.63, 3.8) is 0 Å². The van der Waals surface area contributed by atoms with Crippen LogP contribution >= 0.6 is 35.0 Å². The number of halogens is 2. The molecule has 0 saturated carbocycles. The molecule has 0 N–H and O–H groups in total. The minimum atomic E-state index is 0.547. The van der Waals surface area contributed by atoms with E-state index in [9.17, 15) is 0 Å². The number of furan rings is 1. The van der Waals surface area contributed by atoms with E-state index in [1.165, 1.54) is 0 Å². The average molecular weight is 416 g/mol. The van der Waals surface area contributed by atoms with Crippen LogP contribution in [-0.4, -0.2) is 14.8 Å². The predicted molar refractivity (Wildman–Crippen MR) is 111 cm³/mol.